The minimum atomic E-state index is -0.537. The number of amides is 1. The first-order valence-corrected chi connectivity index (χ1v) is 9.04. The van der Waals surface area contributed by atoms with Crippen molar-refractivity contribution in [1.82, 2.24) is 0 Å². The van der Waals surface area contributed by atoms with E-state index in [4.69, 9.17) is 4.74 Å². The number of aryl methyl sites for hydroxylation is 2. The molecule has 0 atom stereocenters. The molecule has 0 bridgehead atoms. The highest BCUT2D eigenvalue weighted by Gasteiger charge is 2.11. The maximum Gasteiger partial charge on any atom is 0.338 e. The quantitative estimate of drug-likeness (QED) is 0.429. The summed E-state index contributed by atoms with van der Waals surface area (Å²) in [5.41, 5.74) is 3.84. The Morgan fingerprint density at radius 1 is 1.14 bits per heavy atom. The van der Waals surface area contributed by atoms with Crippen molar-refractivity contribution in [3.63, 3.8) is 0 Å². The van der Waals surface area contributed by atoms with Crippen LogP contribution in [0, 0.1) is 18.3 Å². The summed E-state index contributed by atoms with van der Waals surface area (Å²) in [4.78, 5) is 24.1. The van der Waals surface area contributed by atoms with Crippen molar-refractivity contribution in [2.75, 3.05) is 17.2 Å². The lowest BCUT2D eigenvalue weighted by Crippen LogP contribution is -2.15. The van der Waals surface area contributed by atoms with Gasteiger partial charge in [0.1, 0.15) is 11.6 Å². The lowest BCUT2D eigenvalue weighted by atomic mass is 10.1. The highest BCUT2D eigenvalue weighted by molar-refractivity contribution is 6.07. The summed E-state index contributed by atoms with van der Waals surface area (Å²) in [6, 6.07) is 14.1. The summed E-state index contributed by atoms with van der Waals surface area (Å²) in [5, 5.41) is 15.1. The molecule has 0 aliphatic heterocycles. The van der Waals surface area contributed by atoms with Crippen LogP contribution in [-0.4, -0.2) is 18.5 Å². The van der Waals surface area contributed by atoms with E-state index in [0.717, 1.165) is 23.2 Å². The zero-order valence-corrected chi connectivity index (χ0v) is 16.2. The van der Waals surface area contributed by atoms with Crippen molar-refractivity contribution in [2.45, 2.75) is 27.2 Å². The van der Waals surface area contributed by atoms with Crippen LogP contribution in [0.2, 0.25) is 0 Å². The standard InChI is InChI=1S/C22H23N3O3/c1-4-16-8-6-7-15(3)20(16)24-14-18(13-23)21(26)25-19-11-9-17(10-12-19)22(27)28-5-2/h6-12,14,24H,4-5H2,1-3H3,(H,25,26)/b18-14-. The van der Waals surface area contributed by atoms with Crippen molar-refractivity contribution in [3.05, 3.63) is 70.9 Å². The normalized spacial score (nSPS) is 10.7. The van der Waals surface area contributed by atoms with Crippen LogP contribution < -0.4 is 10.6 Å². The summed E-state index contributed by atoms with van der Waals surface area (Å²) >= 11 is 0. The van der Waals surface area contributed by atoms with Crippen LogP contribution in [0.4, 0.5) is 11.4 Å². The molecule has 0 radical (unpaired) electrons. The molecule has 0 saturated heterocycles. The number of rotatable bonds is 7. The molecular weight excluding hydrogens is 354 g/mol. The van der Waals surface area contributed by atoms with Gasteiger partial charge in [-0.3, -0.25) is 4.79 Å². The third-order valence-corrected chi connectivity index (χ3v) is 4.12. The van der Waals surface area contributed by atoms with E-state index in [1.807, 2.05) is 38.1 Å². The van der Waals surface area contributed by atoms with Crippen LogP contribution in [0.15, 0.2) is 54.2 Å². The van der Waals surface area contributed by atoms with Gasteiger partial charge in [-0.2, -0.15) is 5.26 Å². The van der Waals surface area contributed by atoms with Gasteiger partial charge in [0.2, 0.25) is 0 Å². The number of hydrogen-bond donors (Lipinski definition) is 2. The number of anilines is 2. The minimum absolute atomic E-state index is 0.0558. The largest absolute Gasteiger partial charge is 0.462 e. The molecule has 0 aromatic heterocycles. The molecule has 2 aromatic rings. The van der Waals surface area contributed by atoms with E-state index < -0.39 is 11.9 Å². The minimum Gasteiger partial charge on any atom is -0.462 e. The van der Waals surface area contributed by atoms with Crippen molar-refractivity contribution >= 4 is 23.3 Å². The number of nitriles is 1. The van der Waals surface area contributed by atoms with E-state index in [-0.39, 0.29) is 5.57 Å². The highest BCUT2D eigenvalue weighted by Crippen LogP contribution is 2.21. The first-order chi connectivity index (χ1) is 13.5. The maximum atomic E-state index is 12.4. The van der Waals surface area contributed by atoms with Crippen molar-refractivity contribution in [3.8, 4) is 6.07 Å². The van der Waals surface area contributed by atoms with Gasteiger partial charge < -0.3 is 15.4 Å². The predicted octanol–water partition coefficient (Wildman–Crippen LogP) is 4.19. The molecule has 0 spiro atoms. The van der Waals surface area contributed by atoms with Gasteiger partial charge in [-0.15, -0.1) is 0 Å². The molecule has 0 saturated carbocycles. The fourth-order valence-electron chi connectivity index (χ4n) is 2.63. The van der Waals surface area contributed by atoms with Gasteiger partial charge in [0, 0.05) is 17.6 Å². The number of carbonyl (C=O) groups is 2. The first kappa shape index (κ1) is 20.7. The Morgan fingerprint density at radius 2 is 1.86 bits per heavy atom. The summed E-state index contributed by atoms with van der Waals surface area (Å²) < 4.78 is 4.92. The fraction of sp³-hybridized carbons (Fsp3) is 0.227. The molecule has 6 nitrogen and oxygen atoms in total. The van der Waals surface area contributed by atoms with E-state index in [1.165, 1.54) is 6.20 Å². The van der Waals surface area contributed by atoms with Gasteiger partial charge in [-0.1, -0.05) is 25.1 Å². The monoisotopic (exact) mass is 377 g/mol. The number of carbonyl (C=O) groups excluding carboxylic acids is 2. The Hall–Kier alpha value is -3.59. The zero-order valence-electron chi connectivity index (χ0n) is 16.2. The molecule has 2 aromatic carbocycles. The van der Waals surface area contributed by atoms with Gasteiger partial charge in [-0.25, -0.2) is 4.79 Å². The average molecular weight is 377 g/mol. The van der Waals surface area contributed by atoms with Gasteiger partial charge in [0.15, 0.2) is 0 Å². The molecule has 144 valence electrons. The lowest BCUT2D eigenvalue weighted by molar-refractivity contribution is -0.112. The molecule has 0 aliphatic rings. The van der Waals surface area contributed by atoms with Gasteiger partial charge in [0.05, 0.1) is 12.2 Å². The number of nitrogens with zero attached hydrogens (tertiary/aromatic N) is 1. The fourth-order valence-corrected chi connectivity index (χ4v) is 2.63. The van der Waals surface area contributed by atoms with E-state index >= 15 is 0 Å². The molecule has 0 fully saturated rings. The molecule has 2 N–H and O–H groups in total. The predicted molar refractivity (Wildman–Crippen MR) is 109 cm³/mol. The van der Waals surface area contributed by atoms with Gasteiger partial charge in [0.25, 0.3) is 5.91 Å². The van der Waals surface area contributed by atoms with Crippen LogP contribution in [0.25, 0.3) is 0 Å². The van der Waals surface area contributed by atoms with Crippen LogP contribution in [-0.2, 0) is 16.0 Å². The Morgan fingerprint density at radius 3 is 2.46 bits per heavy atom. The summed E-state index contributed by atoms with van der Waals surface area (Å²) in [5.74, 6) is -0.960. The number of nitrogens with one attached hydrogen (secondary N) is 2. The van der Waals surface area contributed by atoms with Crippen molar-refractivity contribution in [2.24, 2.45) is 0 Å². The molecular formula is C22H23N3O3. The third-order valence-electron chi connectivity index (χ3n) is 4.12. The summed E-state index contributed by atoms with van der Waals surface area (Å²) in [6.45, 7) is 6.03. The second-order valence-corrected chi connectivity index (χ2v) is 6.03. The zero-order chi connectivity index (χ0) is 20.5. The Kier molecular flexibility index (Phi) is 7.35. The average Bonchev–Trinajstić information content (AvgIpc) is 2.70. The van der Waals surface area contributed by atoms with E-state index in [2.05, 4.69) is 10.6 Å². The Bertz CT molecular complexity index is 925. The third kappa shape index (κ3) is 5.21. The van der Waals surface area contributed by atoms with Crippen LogP contribution >= 0.6 is 0 Å². The SMILES string of the molecule is CCOC(=O)c1ccc(NC(=O)/C(C#N)=C\Nc2c(C)cccc2CC)cc1. The van der Waals surface area contributed by atoms with E-state index in [1.54, 1.807) is 31.2 Å². The van der Waals surface area contributed by atoms with Gasteiger partial charge in [-0.05, 0) is 55.7 Å². The molecule has 0 unspecified atom stereocenters. The van der Waals surface area contributed by atoms with Crippen LogP contribution in [0.1, 0.15) is 35.3 Å². The molecule has 6 heteroatoms. The lowest BCUT2D eigenvalue weighted by Gasteiger charge is -2.11. The number of ether oxygens (including phenoxy) is 1. The van der Waals surface area contributed by atoms with Crippen molar-refractivity contribution < 1.29 is 14.3 Å². The smallest absolute Gasteiger partial charge is 0.338 e. The molecule has 0 heterocycles. The second kappa shape index (κ2) is 9.93. The number of esters is 1. The molecule has 0 aliphatic carbocycles. The molecule has 28 heavy (non-hydrogen) atoms. The summed E-state index contributed by atoms with van der Waals surface area (Å²) in [6.07, 6.45) is 2.24. The second-order valence-electron chi connectivity index (χ2n) is 6.03. The summed E-state index contributed by atoms with van der Waals surface area (Å²) in [7, 11) is 0. The Balaban J connectivity index is 2.11. The number of para-hydroxylation sites is 1. The molecule has 2 rings (SSSR count). The first-order valence-electron chi connectivity index (χ1n) is 9.04. The Labute approximate surface area is 164 Å². The van der Waals surface area contributed by atoms with Crippen LogP contribution in [0.3, 0.4) is 0 Å². The molecule has 1 amide bonds. The van der Waals surface area contributed by atoms with Gasteiger partial charge >= 0.3 is 5.97 Å². The topological polar surface area (TPSA) is 91.2 Å². The maximum absolute atomic E-state index is 12.4. The van der Waals surface area contributed by atoms with E-state index in [0.29, 0.717) is 17.9 Å². The van der Waals surface area contributed by atoms with Crippen LogP contribution in [0.5, 0.6) is 0 Å². The highest BCUT2D eigenvalue weighted by atomic mass is 16.5. The van der Waals surface area contributed by atoms with Crippen molar-refractivity contribution in [1.29, 1.82) is 5.26 Å². The number of benzene rings is 2. The van der Waals surface area contributed by atoms with E-state index in [9.17, 15) is 14.9 Å². The number of hydrogen-bond acceptors (Lipinski definition) is 5.